The number of carbonyl (C=O) groups is 1. The predicted molar refractivity (Wildman–Crippen MR) is 128 cm³/mol. The van der Waals surface area contributed by atoms with Crippen LogP contribution in [0.4, 0.5) is 5.69 Å². The molecule has 8 heteroatoms. The molecule has 7 nitrogen and oxygen atoms in total. The first-order valence-electron chi connectivity index (χ1n) is 10.7. The van der Waals surface area contributed by atoms with Crippen LogP contribution in [0.3, 0.4) is 0 Å². The average Bonchev–Trinajstić information content (AvgIpc) is 2.92. The van der Waals surface area contributed by atoms with Crippen molar-refractivity contribution in [2.24, 2.45) is 5.92 Å². The molecule has 0 radical (unpaired) electrons. The van der Waals surface area contributed by atoms with E-state index in [4.69, 9.17) is 4.74 Å². The Hall–Kier alpha value is -3.44. The van der Waals surface area contributed by atoms with Crippen molar-refractivity contribution in [3.8, 4) is 23.2 Å². The summed E-state index contributed by atoms with van der Waals surface area (Å²) in [7, 11) is 0. The maximum atomic E-state index is 13.0. The van der Waals surface area contributed by atoms with E-state index in [9.17, 15) is 10.1 Å². The predicted octanol–water partition coefficient (Wildman–Crippen LogP) is 5.22. The molecule has 0 unspecified atom stereocenters. The average molecular weight is 460 g/mol. The lowest BCUT2D eigenvalue weighted by molar-refractivity contribution is -0.118. The molecule has 0 N–H and O–H groups in total. The van der Waals surface area contributed by atoms with Crippen molar-refractivity contribution in [1.82, 2.24) is 15.2 Å². The van der Waals surface area contributed by atoms with Crippen LogP contribution >= 0.6 is 11.8 Å². The molecule has 0 aliphatic carbocycles. The number of nitrogens with zero attached hydrogens (tertiary/aromatic N) is 5. The van der Waals surface area contributed by atoms with Gasteiger partial charge in [-0.15, -0.1) is 10.2 Å². The van der Waals surface area contributed by atoms with Gasteiger partial charge in [0.05, 0.1) is 17.3 Å². The molecular weight excluding hydrogens is 434 g/mol. The molecule has 1 atom stereocenters. The van der Waals surface area contributed by atoms with Gasteiger partial charge in [-0.25, -0.2) is 0 Å². The van der Waals surface area contributed by atoms with Gasteiger partial charge >= 0.3 is 0 Å². The minimum absolute atomic E-state index is 0.212. The number of anilines is 1. The van der Waals surface area contributed by atoms with Gasteiger partial charge in [0.25, 0.3) is 0 Å². The first-order valence-corrected chi connectivity index (χ1v) is 11.7. The standard InChI is InChI=1S/C25H25N5O2S/c1-14(2)13-33-25-27-23-21(28-29-25)20-11-15(3)10-16(4)22(20)30(17(5)31)24(32-23)19-9-7-6-8-18(19)12-26/h6-11,14,24H,13H2,1-5H3/t24-/m0/s1. The zero-order valence-corrected chi connectivity index (χ0v) is 20.1. The Morgan fingerprint density at radius 2 is 2.00 bits per heavy atom. The topological polar surface area (TPSA) is 92.0 Å². The fourth-order valence-electron chi connectivity index (χ4n) is 3.93. The molecule has 0 fully saturated rings. The van der Waals surface area contributed by atoms with E-state index in [-0.39, 0.29) is 5.91 Å². The molecule has 3 aromatic rings. The summed E-state index contributed by atoms with van der Waals surface area (Å²) in [6, 6.07) is 13.3. The second-order valence-electron chi connectivity index (χ2n) is 8.49. The van der Waals surface area contributed by atoms with Gasteiger partial charge in [0, 0.05) is 23.8 Å². The number of fused-ring (bicyclic) bond motifs is 3. The lowest BCUT2D eigenvalue weighted by Crippen LogP contribution is -2.37. The number of hydrogen-bond acceptors (Lipinski definition) is 7. The van der Waals surface area contributed by atoms with E-state index in [0.717, 1.165) is 22.4 Å². The Morgan fingerprint density at radius 3 is 2.70 bits per heavy atom. The number of thioether (sulfide) groups is 1. The molecule has 2 aromatic carbocycles. The summed E-state index contributed by atoms with van der Waals surface area (Å²) in [6.07, 6.45) is -0.876. The van der Waals surface area contributed by atoms with Gasteiger partial charge in [0.15, 0.2) is 5.69 Å². The summed E-state index contributed by atoms with van der Waals surface area (Å²) in [4.78, 5) is 19.3. The Bertz CT molecular complexity index is 1270. The first kappa shape index (κ1) is 22.7. The molecule has 1 aliphatic rings. The molecule has 4 rings (SSSR count). The zero-order chi connectivity index (χ0) is 23.7. The van der Waals surface area contributed by atoms with Gasteiger partial charge < -0.3 is 4.74 Å². The van der Waals surface area contributed by atoms with Crippen molar-refractivity contribution in [1.29, 1.82) is 5.26 Å². The van der Waals surface area contributed by atoms with Crippen molar-refractivity contribution < 1.29 is 9.53 Å². The Balaban J connectivity index is 1.98. The molecule has 1 aromatic heterocycles. The van der Waals surface area contributed by atoms with Crippen molar-refractivity contribution in [2.45, 2.75) is 46.0 Å². The van der Waals surface area contributed by atoms with Crippen molar-refractivity contribution >= 4 is 23.4 Å². The lowest BCUT2D eigenvalue weighted by Gasteiger charge is -2.31. The van der Waals surface area contributed by atoms with Crippen LogP contribution in [0.2, 0.25) is 0 Å². The van der Waals surface area contributed by atoms with Gasteiger partial charge in [-0.3, -0.25) is 9.69 Å². The van der Waals surface area contributed by atoms with Gasteiger partial charge in [-0.05, 0) is 37.5 Å². The highest BCUT2D eigenvalue weighted by Crippen LogP contribution is 2.46. The van der Waals surface area contributed by atoms with E-state index in [1.54, 1.807) is 23.1 Å². The van der Waals surface area contributed by atoms with Crippen LogP contribution in [0.15, 0.2) is 41.6 Å². The van der Waals surface area contributed by atoms with Crippen LogP contribution in [-0.2, 0) is 4.79 Å². The van der Waals surface area contributed by atoms with E-state index in [0.29, 0.717) is 39.5 Å². The minimum Gasteiger partial charge on any atom is -0.447 e. The molecule has 0 bridgehead atoms. The smallest absolute Gasteiger partial charge is 0.247 e. The molecule has 0 saturated heterocycles. The summed E-state index contributed by atoms with van der Waals surface area (Å²) < 4.78 is 6.41. The number of amides is 1. The van der Waals surface area contributed by atoms with Gasteiger partial charge in [-0.2, -0.15) is 10.2 Å². The van der Waals surface area contributed by atoms with Crippen LogP contribution < -0.4 is 9.64 Å². The third kappa shape index (κ3) is 4.41. The fraction of sp³-hybridized carbons (Fsp3) is 0.320. The second-order valence-corrected chi connectivity index (χ2v) is 9.48. The van der Waals surface area contributed by atoms with E-state index in [1.807, 2.05) is 32.0 Å². The fourth-order valence-corrected chi connectivity index (χ4v) is 4.65. The zero-order valence-electron chi connectivity index (χ0n) is 19.3. The highest BCUT2D eigenvalue weighted by Gasteiger charge is 2.36. The molecule has 0 saturated carbocycles. The molecule has 2 heterocycles. The third-order valence-corrected chi connectivity index (χ3v) is 6.53. The molecule has 1 amide bonds. The van der Waals surface area contributed by atoms with Crippen molar-refractivity contribution in [3.63, 3.8) is 0 Å². The van der Waals surface area contributed by atoms with Crippen molar-refractivity contribution in [3.05, 3.63) is 58.7 Å². The maximum absolute atomic E-state index is 13.0. The largest absolute Gasteiger partial charge is 0.447 e. The molecular formula is C25H25N5O2S. The summed E-state index contributed by atoms with van der Waals surface area (Å²) in [5.74, 6) is 1.39. The number of hydrogen-bond donors (Lipinski definition) is 0. The number of aryl methyl sites for hydroxylation is 2. The van der Waals surface area contributed by atoms with Gasteiger partial charge in [0.2, 0.25) is 23.2 Å². The Labute approximate surface area is 197 Å². The third-order valence-electron chi connectivity index (χ3n) is 5.27. The Kier molecular flexibility index (Phi) is 6.34. The van der Waals surface area contributed by atoms with E-state index < -0.39 is 6.23 Å². The molecule has 1 aliphatic heterocycles. The number of nitriles is 1. The normalized spacial score (nSPS) is 14.7. The number of rotatable bonds is 4. The molecule has 33 heavy (non-hydrogen) atoms. The number of aromatic nitrogens is 3. The maximum Gasteiger partial charge on any atom is 0.247 e. The quantitative estimate of drug-likeness (QED) is 0.494. The Morgan fingerprint density at radius 1 is 1.24 bits per heavy atom. The van der Waals surface area contributed by atoms with Crippen molar-refractivity contribution in [2.75, 3.05) is 10.7 Å². The van der Waals surface area contributed by atoms with Crippen LogP contribution in [-0.4, -0.2) is 26.8 Å². The van der Waals surface area contributed by atoms with Gasteiger partial charge in [0.1, 0.15) is 0 Å². The highest BCUT2D eigenvalue weighted by atomic mass is 32.2. The van der Waals surface area contributed by atoms with E-state index in [1.165, 1.54) is 18.7 Å². The summed E-state index contributed by atoms with van der Waals surface area (Å²) in [5, 5.41) is 19.1. The SMILES string of the molecule is CC(=O)N1c2c(C)cc(C)cc2-c2nnc(SCC(C)C)nc2O[C@H]1c1ccccc1C#N. The number of ether oxygens (including phenoxy) is 1. The van der Waals surface area contributed by atoms with E-state index >= 15 is 0 Å². The minimum atomic E-state index is -0.876. The van der Waals surface area contributed by atoms with Crippen LogP contribution in [0.5, 0.6) is 5.88 Å². The van der Waals surface area contributed by atoms with Crippen LogP contribution in [0, 0.1) is 31.1 Å². The van der Waals surface area contributed by atoms with E-state index in [2.05, 4.69) is 35.1 Å². The monoisotopic (exact) mass is 459 g/mol. The lowest BCUT2D eigenvalue weighted by atomic mass is 9.99. The first-order chi connectivity index (χ1) is 15.8. The van der Waals surface area contributed by atoms with Crippen LogP contribution in [0.25, 0.3) is 11.3 Å². The number of benzene rings is 2. The van der Waals surface area contributed by atoms with Gasteiger partial charge in [-0.1, -0.05) is 55.4 Å². The second kappa shape index (κ2) is 9.20. The summed E-state index contributed by atoms with van der Waals surface area (Å²) in [6.45, 7) is 9.69. The molecule has 168 valence electrons. The van der Waals surface area contributed by atoms with Crippen LogP contribution in [0.1, 0.15) is 49.3 Å². The summed E-state index contributed by atoms with van der Waals surface area (Å²) >= 11 is 1.51. The number of carbonyl (C=O) groups excluding carboxylic acids is 1. The highest BCUT2D eigenvalue weighted by molar-refractivity contribution is 7.99. The summed E-state index contributed by atoms with van der Waals surface area (Å²) in [5.41, 5.74) is 4.84. The molecule has 0 spiro atoms.